The molecule has 0 saturated carbocycles. The Hall–Kier alpha value is -1.38. The Kier molecular flexibility index (Phi) is 2.21. The molecule has 0 unspecified atom stereocenters. The zero-order chi connectivity index (χ0) is 8.27. The summed E-state index contributed by atoms with van der Waals surface area (Å²) in [5, 5.41) is 2.20. The third kappa shape index (κ3) is 2.04. The molecule has 3 heteroatoms. The summed E-state index contributed by atoms with van der Waals surface area (Å²) in [7, 11) is 0. The number of carbonyl (C=O) groups excluding carboxylic acids is 2. The van der Waals surface area contributed by atoms with Gasteiger partial charge in [0, 0.05) is 6.92 Å². The molecule has 0 spiro atoms. The number of nitrogens with one attached hydrogen (secondary N) is 1. The molecule has 0 saturated heterocycles. The van der Waals surface area contributed by atoms with Gasteiger partial charge in [0.25, 0.3) is 0 Å². The topological polar surface area (TPSA) is 46.2 Å². The van der Waals surface area contributed by atoms with Gasteiger partial charge in [0.2, 0.25) is 11.8 Å². The van der Waals surface area contributed by atoms with Crippen molar-refractivity contribution in [1.29, 1.82) is 0 Å². The number of amides is 2. The molecule has 58 valence electrons. The molecule has 1 aliphatic rings. The number of allylic oxidation sites excluding steroid dienone is 2. The van der Waals surface area contributed by atoms with E-state index in [4.69, 9.17) is 0 Å². The molecule has 0 bridgehead atoms. The van der Waals surface area contributed by atoms with Crippen molar-refractivity contribution in [1.82, 2.24) is 5.32 Å². The minimum atomic E-state index is -0.316. The van der Waals surface area contributed by atoms with Gasteiger partial charge >= 0.3 is 0 Å². The molecule has 0 aromatic carbocycles. The molecule has 0 heterocycles. The van der Waals surface area contributed by atoms with Crippen LogP contribution in [0, 0.1) is 5.92 Å². The number of rotatable bonds is 1. The molecule has 0 aromatic heterocycles. The van der Waals surface area contributed by atoms with Gasteiger partial charge in [0.1, 0.15) is 0 Å². The number of hydrogen-bond acceptors (Lipinski definition) is 2. The molecule has 0 aromatic rings. The van der Waals surface area contributed by atoms with E-state index < -0.39 is 0 Å². The summed E-state index contributed by atoms with van der Waals surface area (Å²) in [5.41, 5.74) is 0. The molecule has 0 fully saturated rings. The number of imide groups is 1. The molecule has 3 nitrogen and oxygen atoms in total. The normalized spacial score (nSPS) is 15.4. The molecule has 2 amide bonds. The average molecular weight is 151 g/mol. The molecular weight excluding hydrogens is 142 g/mol. The van der Waals surface area contributed by atoms with E-state index in [1.807, 2.05) is 0 Å². The zero-order valence-electron chi connectivity index (χ0n) is 6.20. The highest BCUT2D eigenvalue weighted by Gasteiger charge is 2.14. The van der Waals surface area contributed by atoms with Gasteiger partial charge in [-0.3, -0.25) is 14.9 Å². The summed E-state index contributed by atoms with van der Waals surface area (Å²) in [5.74, 6) is -0.843. The summed E-state index contributed by atoms with van der Waals surface area (Å²) in [6.45, 7) is 1.32. The highest BCUT2D eigenvalue weighted by molar-refractivity contribution is 5.97. The second kappa shape index (κ2) is 3.14. The van der Waals surface area contributed by atoms with Gasteiger partial charge in [-0.15, -0.1) is 0 Å². The van der Waals surface area contributed by atoms with Crippen LogP contribution in [0.4, 0.5) is 0 Å². The predicted octanol–water partition coefficient (Wildman–Crippen LogP) is 0.391. The summed E-state index contributed by atoms with van der Waals surface area (Å²) in [4.78, 5) is 21.5. The Labute approximate surface area is 64.8 Å². The molecular formula is C8H9NO2. The van der Waals surface area contributed by atoms with Gasteiger partial charge in [-0.1, -0.05) is 24.3 Å². The van der Waals surface area contributed by atoms with Crippen molar-refractivity contribution in [3.8, 4) is 0 Å². The third-order valence-electron chi connectivity index (χ3n) is 1.35. The first-order chi connectivity index (χ1) is 5.20. The molecule has 0 aliphatic heterocycles. The highest BCUT2D eigenvalue weighted by atomic mass is 16.2. The van der Waals surface area contributed by atoms with Crippen molar-refractivity contribution in [2.45, 2.75) is 6.92 Å². The van der Waals surface area contributed by atoms with Gasteiger partial charge in [-0.05, 0) is 0 Å². The third-order valence-corrected chi connectivity index (χ3v) is 1.35. The van der Waals surface area contributed by atoms with Gasteiger partial charge in [-0.25, -0.2) is 0 Å². The van der Waals surface area contributed by atoms with Crippen molar-refractivity contribution in [2.75, 3.05) is 0 Å². The van der Waals surface area contributed by atoms with Crippen molar-refractivity contribution in [3.05, 3.63) is 24.3 Å². The summed E-state index contributed by atoms with van der Waals surface area (Å²) in [6.07, 6.45) is 7.03. The molecule has 0 atom stereocenters. The second-order valence-corrected chi connectivity index (χ2v) is 2.34. The van der Waals surface area contributed by atoms with Crippen LogP contribution < -0.4 is 5.32 Å². The zero-order valence-corrected chi connectivity index (χ0v) is 6.20. The maximum Gasteiger partial charge on any atom is 0.237 e. The Bertz CT molecular complexity index is 228. The van der Waals surface area contributed by atoms with Crippen LogP contribution in [0.5, 0.6) is 0 Å². The monoisotopic (exact) mass is 151 g/mol. The minimum Gasteiger partial charge on any atom is -0.296 e. The van der Waals surface area contributed by atoms with E-state index in [0.717, 1.165) is 0 Å². The lowest BCUT2D eigenvalue weighted by molar-refractivity contribution is -0.130. The quantitative estimate of drug-likeness (QED) is 0.589. The smallest absolute Gasteiger partial charge is 0.237 e. The first-order valence-electron chi connectivity index (χ1n) is 3.36. The fourth-order valence-electron chi connectivity index (χ4n) is 0.863. The van der Waals surface area contributed by atoms with Gasteiger partial charge in [-0.2, -0.15) is 0 Å². The molecule has 1 aliphatic carbocycles. The first kappa shape index (κ1) is 7.72. The summed E-state index contributed by atoms with van der Waals surface area (Å²) in [6, 6.07) is 0. The second-order valence-electron chi connectivity index (χ2n) is 2.34. The Balaban J connectivity index is 2.48. The van der Waals surface area contributed by atoms with Crippen LogP contribution in [-0.2, 0) is 9.59 Å². The van der Waals surface area contributed by atoms with E-state index >= 15 is 0 Å². The number of carbonyl (C=O) groups is 2. The minimum absolute atomic E-state index is 0.262. The molecule has 11 heavy (non-hydrogen) atoms. The molecule has 1 rings (SSSR count). The molecule has 0 radical (unpaired) electrons. The van der Waals surface area contributed by atoms with Crippen LogP contribution in [0.2, 0.25) is 0 Å². The van der Waals surface area contributed by atoms with Gasteiger partial charge in [0.05, 0.1) is 5.92 Å². The van der Waals surface area contributed by atoms with Crippen LogP contribution in [-0.4, -0.2) is 11.8 Å². The number of hydrogen-bond donors (Lipinski definition) is 1. The summed E-state index contributed by atoms with van der Waals surface area (Å²) < 4.78 is 0. The predicted molar refractivity (Wildman–Crippen MR) is 40.6 cm³/mol. The lowest BCUT2D eigenvalue weighted by Crippen LogP contribution is -2.32. The van der Waals surface area contributed by atoms with Crippen LogP contribution >= 0.6 is 0 Å². The van der Waals surface area contributed by atoms with E-state index in [1.54, 1.807) is 24.3 Å². The van der Waals surface area contributed by atoms with Gasteiger partial charge in [0.15, 0.2) is 0 Å². The largest absolute Gasteiger partial charge is 0.296 e. The van der Waals surface area contributed by atoms with Crippen molar-refractivity contribution in [3.63, 3.8) is 0 Å². The Morgan fingerprint density at radius 2 is 1.82 bits per heavy atom. The molecule has 1 N–H and O–H groups in total. The van der Waals surface area contributed by atoms with E-state index in [9.17, 15) is 9.59 Å². The summed E-state index contributed by atoms with van der Waals surface area (Å²) >= 11 is 0. The van der Waals surface area contributed by atoms with Crippen LogP contribution in [0.25, 0.3) is 0 Å². The SMILES string of the molecule is CC(=O)NC(=O)C1C=CC=C1. The van der Waals surface area contributed by atoms with Gasteiger partial charge < -0.3 is 0 Å². The fourth-order valence-corrected chi connectivity index (χ4v) is 0.863. The fraction of sp³-hybridized carbons (Fsp3) is 0.250. The van der Waals surface area contributed by atoms with Crippen molar-refractivity contribution < 1.29 is 9.59 Å². The van der Waals surface area contributed by atoms with E-state index in [2.05, 4.69) is 5.32 Å². The first-order valence-corrected chi connectivity index (χ1v) is 3.36. The standard InChI is InChI=1S/C8H9NO2/c1-6(10)9-8(11)7-4-2-3-5-7/h2-5,7H,1H3,(H,9,10,11). The van der Waals surface area contributed by atoms with Crippen molar-refractivity contribution >= 4 is 11.8 Å². The van der Waals surface area contributed by atoms with Crippen LogP contribution in [0.3, 0.4) is 0 Å². The van der Waals surface area contributed by atoms with Crippen LogP contribution in [0.15, 0.2) is 24.3 Å². The Morgan fingerprint density at radius 1 is 1.27 bits per heavy atom. The lowest BCUT2D eigenvalue weighted by atomic mass is 10.1. The van der Waals surface area contributed by atoms with Crippen LogP contribution in [0.1, 0.15) is 6.92 Å². The van der Waals surface area contributed by atoms with E-state index in [1.165, 1.54) is 6.92 Å². The van der Waals surface area contributed by atoms with E-state index in [0.29, 0.717) is 0 Å². The lowest BCUT2D eigenvalue weighted by Gasteiger charge is -2.02. The Morgan fingerprint density at radius 3 is 2.27 bits per heavy atom. The van der Waals surface area contributed by atoms with Crippen molar-refractivity contribution in [2.24, 2.45) is 5.92 Å². The highest BCUT2D eigenvalue weighted by Crippen LogP contribution is 2.07. The average Bonchev–Trinajstić information content (AvgIpc) is 2.35. The maximum absolute atomic E-state index is 11.0. The maximum atomic E-state index is 11.0. The van der Waals surface area contributed by atoms with E-state index in [-0.39, 0.29) is 17.7 Å².